The van der Waals surface area contributed by atoms with Gasteiger partial charge in [0, 0.05) is 13.0 Å². The van der Waals surface area contributed by atoms with Gasteiger partial charge >= 0.3 is 19.8 Å². The largest absolute Gasteiger partial charge is 0.550 e. The van der Waals surface area contributed by atoms with Crippen LogP contribution in [0.2, 0.25) is 0 Å². The number of carbonyl (C=O) groups excluding carboxylic acids is 1. The average Bonchev–Trinajstić information content (AvgIpc) is 1.87. The van der Waals surface area contributed by atoms with Crippen molar-refractivity contribution in [2.45, 2.75) is 12.8 Å². The quantitative estimate of drug-likeness (QED) is 0.379. The fourth-order valence-electron chi connectivity index (χ4n) is 0.261. The fraction of sp³-hybridized carbons (Fsp3) is 0.400. The molecule has 0 spiro atoms. The third kappa shape index (κ3) is 3.33. The first-order valence-electron chi connectivity index (χ1n) is 2.56. The highest BCUT2D eigenvalue weighted by molar-refractivity contribution is 7.38. The van der Waals surface area contributed by atoms with E-state index in [-0.39, 0.29) is 0 Å². The molecular formula is C5H8O4P+. The standard InChI is InChI=1S/C5H7O4P/c1-3-5(6)9-4(2)10(7)8/h3-4H,1H2,2H3/p+1. The fourth-order valence-corrected chi connectivity index (χ4v) is 0.455. The molecule has 1 N–H and O–H groups in total. The van der Waals surface area contributed by atoms with Gasteiger partial charge in [-0.05, 0) is 4.57 Å². The van der Waals surface area contributed by atoms with E-state index in [1.165, 1.54) is 6.92 Å². The van der Waals surface area contributed by atoms with Gasteiger partial charge in [-0.3, -0.25) is 0 Å². The van der Waals surface area contributed by atoms with Crippen LogP contribution in [0.1, 0.15) is 6.92 Å². The Balaban J connectivity index is 3.79. The zero-order valence-electron chi connectivity index (χ0n) is 5.48. The van der Waals surface area contributed by atoms with Gasteiger partial charge in [0.2, 0.25) is 0 Å². The summed E-state index contributed by atoms with van der Waals surface area (Å²) in [4.78, 5) is 18.7. The molecule has 0 bridgehead atoms. The van der Waals surface area contributed by atoms with E-state index in [0.29, 0.717) is 0 Å². The summed E-state index contributed by atoms with van der Waals surface area (Å²) < 4.78 is 14.6. The highest BCUT2D eigenvalue weighted by Crippen LogP contribution is 2.22. The van der Waals surface area contributed by atoms with Crippen molar-refractivity contribution in [3.63, 3.8) is 0 Å². The smallest absolute Gasteiger partial charge is 0.411 e. The maximum absolute atomic E-state index is 10.3. The molecule has 56 valence electrons. The van der Waals surface area contributed by atoms with E-state index < -0.39 is 19.8 Å². The number of rotatable bonds is 3. The zero-order chi connectivity index (χ0) is 8.15. The van der Waals surface area contributed by atoms with Gasteiger partial charge in [0.1, 0.15) is 0 Å². The van der Waals surface area contributed by atoms with E-state index in [0.717, 1.165) is 6.08 Å². The highest BCUT2D eigenvalue weighted by Gasteiger charge is 2.26. The van der Waals surface area contributed by atoms with Gasteiger partial charge in [-0.25, -0.2) is 4.79 Å². The van der Waals surface area contributed by atoms with Crippen molar-refractivity contribution >= 4 is 14.0 Å². The van der Waals surface area contributed by atoms with Crippen molar-refractivity contribution in [1.29, 1.82) is 0 Å². The maximum atomic E-state index is 10.3. The van der Waals surface area contributed by atoms with Crippen LogP contribution in [0.5, 0.6) is 0 Å². The summed E-state index contributed by atoms with van der Waals surface area (Å²) in [6.07, 6.45) is 0.940. The summed E-state index contributed by atoms with van der Waals surface area (Å²) in [7, 11) is -2.44. The van der Waals surface area contributed by atoms with Crippen LogP contribution in [0, 0.1) is 0 Å². The summed E-state index contributed by atoms with van der Waals surface area (Å²) in [6.45, 7) is 4.46. The van der Waals surface area contributed by atoms with Crippen molar-refractivity contribution < 1.29 is 19.0 Å². The van der Waals surface area contributed by atoms with E-state index in [1.807, 2.05) is 0 Å². The molecule has 0 aliphatic rings. The van der Waals surface area contributed by atoms with Crippen molar-refractivity contribution in [1.82, 2.24) is 0 Å². The predicted molar refractivity (Wildman–Crippen MR) is 35.6 cm³/mol. The molecule has 2 atom stereocenters. The number of hydrogen-bond donors (Lipinski definition) is 1. The second-order valence-electron chi connectivity index (χ2n) is 1.54. The van der Waals surface area contributed by atoms with Gasteiger partial charge in [-0.2, -0.15) is 4.89 Å². The molecule has 0 saturated heterocycles. The van der Waals surface area contributed by atoms with Crippen LogP contribution in [-0.4, -0.2) is 16.7 Å². The first-order valence-corrected chi connectivity index (χ1v) is 3.84. The summed E-state index contributed by atoms with van der Waals surface area (Å²) in [5, 5.41) is 0. The average molecular weight is 163 g/mol. The molecular weight excluding hydrogens is 155 g/mol. The van der Waals surface area contributed by atoms with Crippen molar-refractivity contribution in [3.05, 3.63) is 12.7 Å². The van der Waals surface area contributed by atoms with Crippen molar-refractivity contribution in [2.75, 3.05) is 0 Å². The molecule has 0 saturated carbocycles. The molecule has 10 heavy (non-hydrogen) atoms. The minimum absolute atomic E-state index is 0.690. The lowest BCUT2D eigenvalue weighted by Gasteiger charge is -1.96. The molecule has 0 aromatic rings. The molecule has 0 radical (unpaired) electrons. The minimum Gasteiger partial charge on any atom is -0.411 e. The molecule has 0 fully saturated rings. The normalized spacial score (nSPS) is 13.6. The van der Waals surface area contributed by atoms with Crippen molar-refractivity contribution in [2.24, 2.45) is 0 Å². The Morgan fingerprint density at radius 1 is 1.90 bits per heavy atom. The Bertz CT molecular complexity index is 165. The Labute approximate surface area is 59.4 Å². The molecule has 0 amide bonds. The molecule has 2 unspecified atom stereocenters. The maximum Gasteiger partial charge on any atom is 0.550 e. The van der Waals surface area contributed by atoms with Gasteiger partial charge in [0.05, 0.1) is 0 Å². The molecule has 0 rings (SSSR count). The van der Waals surface area contributed by atoms with Gasteiger partial charge in [-0.15, -0.1) is 0 Å². The SMILES string of the molecule is C=CC(=O)OC(C)[P+](=O)O. The highest BCUT2D eigenvalue weighted by atomic mass is 31.1. The Hall–Kier alpha value is -0.730. The van der Waals surface area contributed by atoms with Crippen LogP contribution in [0.4, 0.5) is 0 Å². The van der Waals surface area contributed by atoms with E-state index in [9.17, 15) is 9.36 Å². The van der Waals surface area contributed by atoms with E-state index in [1.54, 1.807) is 0 Å². The topological polar surface area (TPSA) is 63.6 Å². The van der Waals surface area contributed by atoms with Crippen LogP contribution in [0.25, 0.3) is 0 Å². The van der Waals surface area contributed by atoms with Crippen LogP contribution in [0.15, 0.2) is 12.7 Å². The van der Waals surface area contributed by atoms with Gasteiger partial charge in [-0.1, -0.05) is 6.58 Å². The molecule has 5 heteroatoms. The molecule has 0 aromatic carbocycles. The predicted octanol–water partition coefficient (Wildman–Crippen LogP) is 0.796. The molecule has 0 aromatic heterocycles. The Kier molecular flexibility index (Phi) is 3.84. The van der Waals surface area contributed by atoms with Gasteiger partial charge < -0.3 is 4.74 Å². The lowest BCUT2D eigenvalue weighted by atomic mass is 10.6. The zero-order valence-corrected chi connectivity index (χ0v) is 6.38. The van der Waals surface area contributed by atoms with Crippen LogP contribution in [0.3, 0.4) is 0 Å². The van der Waals surface area contributed by atoms with Crippen LogP contribution in [-0.2, 0) is 14.1 Å². The van der Waals surface area contributed by atoms with Gasteiger partial charge in [0.25, 0.3) is 0 Å². The minimum atomic E-state index is -2.44. The van der Waals surface area contributed by atoms with E-state index >= 15 is 0 Å². The second-order valence-corrected chi connectivity index (χ2v) is 2.88. The summed E-state index contributed by atoms with van der Waals surface area (Å²) in [6, 6.07) is 0. The first-order chi connectivity index (χ1) is 4.57. The summed E-state index contributed by atoms with van der Waals surface area (Å²) in [5.41, 5.74) is 0. The van der Waals surface area contributed by atoms with E-state index in [4.69, 9.17) is 4.89 Å². The Morgan fingerprint density at radius 3 is 2.70 bits per heavy atom. The molecule has 4 nitrogen and oxygen atoms in total. The van der Waals surface area contributed by atoms with E-state index in [2.05, 4.69) is 11.3 Å². The molecule has 0 aliphatic heterocycles. The number of esters is 1. The number of hydrogen-bond acceptors (Lipinski definition) is 3. The third-order valence-electron chi connectivity index (χ3n) is 0.764. The monoisotopic (exact) mass is 163 g/mol. The Morgan fingerprint density at radius 2 is 2.40 bits per heavy atom. The third-order valence-corrected chi connectivity index (χ3v) is 1.49. The lowest BCUT2D eigenvalue weighted by molar-refractivity contribution is -0.139. The van der Waals surface area contributed by atoms with Crippen molar-refractivity contribution in [3.8, 4) is 0 Å². The molecule has 0 aliphatic carbocycles. The second kappa shape index (κ2) is 4.14. The number of ether oxygens (including phenoxy) is 1. The molecule has 0 heterocycles. The summed E-state index contributed by atoms with van der Waals surface area (Å²) in [5.74, 6) is -1.65. The van der Waals surface area contributed by atoms with Crippen LogP contribution < -0.4 is 0 Å². The lowest BCUT2D eigenvalue weighted by Crippen LogP contribution is -2.08. The first kappa shape index (κ1) is 9.27. The number of carbonyl (C=O) groups is 1. The van der Waals surface area contributed by atoms with Crippen LogP contribution >= 0.6 is 8.03 Å². The summed E-state index contributed by atoms with van der Waals surface area (Å²) >= 11 is 0. The van der Waals surface area contributed by atoms with Gasteiger partial charge in [0.15, 0.2) is 0 Å².